The van der Waals surface area contributed by atoms with E-state index >= 15 is 0 Å². The fraction of sp³-hybridized carbons (Fsp3) is 0.529. The summed E-state index contributed by atoms with van der Waals surface area (Å²) in [5.74, 6) is 0.678. The molecule has 0 spiro atoms. The summed E-state index contributed by atoms with van der Waals surface area (Å²) in [4.78, 5) is 6.81. The van der Waals surface area contributed by atoms with Gasteiger partial charge in [0.25, 0.3) is 0 Å². The number of hydrogen-bond acceptors (Lipinski definition) is 5. The summed E-state index contributed by atoms with van der Waals surface area (Å²) in [5.41, 5.74) is 1.55. The maximum Gasteiger partial charge on any atom is 0.220 e. The van der Waals surface area contributed by atoms with Gasteiger partial charge in [0.15, 0.2) is 5.96 Å². The number of rotatable bonds is 6. The number of sulfonamides is 1. The van der Waals surface area contributed by atoms with Crippen LogP contribution in [0.4, 0.5) is 0 Å². The fourth-order valence-electron chi connectivity index (χ4n) is 3.01. The topological polar surface area (TPSA) is 96.0 Å². The van der Waals surface area contributed by atoms with E-state index in [-0.39, 0.29) is 29.7 Å². The Kier molecular flexibility index (Phi) is 8.31. The summed E-state index contributed by atoms with van der Waals surface area (Å²) >= 11 is 0. The first-order chi connectivity index (χ1) is 13.0. The molecule has 2 aromatic rings. The lowest BCUT2D eigenvalue weighted by Gasteiger charge is -2.35. The van der Waals surface area contributed by atoms with Crippen molar-refractivity contribution in [2.75, 3.05) is 32.7 Å². The van der Waals surface area contributed by atoms with Gasteiger partial charge in [0.05, 0.1) is 12.2 Å². The molecule has 0 radical (unpaired) electrons. The van der Waals surface area contributed by atoms with E-state index in [1.807, 2.05) is 36.9 Å². The zero-order valence-corrected chi connectivity index (χ0v) is 19.3. The van der Waals surface area contributed by atoms with E-state index in [4.69, 9.17) is 9.52 Å². The van der Waals surface area contributed by atoms with Crippen LogP contribution in [-0.4, -0.2) is 66.0 Å². The molecule has 0 aromatic carbocycles. The number of guanidine groups is 1. The zero-order chi connectivity index (χ0) is 19.3. The molecule has 0 unspecified atom stereocenters. The first-order valence-electron chi connectivity index (χ1n) is 9.00. The van der Waals surface area contributed by atoms with Gasteiger partial charge < -0.3 is 19.3 Å². The molecule has 11 heteroatoms. The SMILES string of the molecule is CCNC(=NCc1cccn1C)N1CCN(S(=O)(=O)Cc2ccon2)CC1.I. The van der Waals surface area contributed by atoms with E-state index in [9.17, 15) is 8.42 Å². The molecule has 0 bridgehead atoms. The molecule has 0 saturated carbocycles. The van der Waals surface area contributed by atoms with E-state index in [1.165, 1.54) is 10.6 Å². The van der Waals surface area contributed by atoms with Crippen molar-refractivity contribution in [3.8, 4) is 0 Å². The minimum atomic E-state index is -3.40. The van der Waals surface area contributed by atoms with E-state index in [1.54, 1.807) is 6.07 Å². The molecule has 1 saturated heterocycles. The molecular formula is C17H27IN6O3S. The molecule has 28 heavy (non-hydrogen) atoms. The standard InChI is InChI=1S/C17H26N6O3S.HI/c1-3-18-17(19-13-16-5-4-7-21(16)2)22-8-10-23(11-9-22)27(24,25)14-15-6-12-26-20-15;/h4-7,12H,3,8-11,13-14H2,1-2H3,(H,18,19);1H. The van der Waals surface area contributed by atoms with Crippen LogP contribution in [0.3, 0.4) is 0 Å². The van der Waals surface area contributed by atoms with Crippen LogP contribution in [-0.2, 0) is 29.4 Å². The predicted molar refractivity (Wildman–Crippen MR) is 118 cm³/mol. The average Bonchev–Trinajstić information content (AvgIpc) is 3.30. The smallest absolute Gasteiger partial charge is 0.220 e. The van der Waals surface area contributed by atoms with Crippen molar-refractivity contribution < 1.29 is 12.9 Å². The first-order valence-corrected chi connectivity index (χ1v) is 10.6. The maximum atomic E-state index is 12.6. The quantitative estimate of drug-likeness (QED) is 0.349. The summed E-state index contributed by atoms with van der Waals surface area (Å²) in [6.07, 6.45) is 3.38. The lowest BCUT2D eigenvalue weighted by molar-refractivity contribution is 0.259. The molecule has 3 heterocycles. The fourth-order valence-corrected chi connectivity index (χ4v) is 4.44. The minimum Gasteiger partial charge on any atom is -0.364 e. The zero-order valence-electron chi connectivity index (χ0n) is 16.1. The number of aryl methyl sites for hydroxylation is 1. The third kappa shape index (κ3) is 5.70. The minimum absolute atomic E-state index is 0. The first kappa shape index (κ1) is 22.7. The Bertz CT molecular complexity index is 857. The van der Waals surface area contributed by atoms with E-state index in [0.717, 1.165) is 18.2 Å². The number of nitrogens with one attached hydrogen (secondary N) is 1. The van der Waals surface area contributed by atoms with Crippen molar-refractivity contribution in [2.45, 2.75) is 19.2 Å². The summed E-state index contributed by atoms with van der Waals surface area (Å²) in [7, 11) is -1.40. The number of hydrogen-bond donors (Lipinski definition) is 1. The van der Waals surface area contributed by atoms with Crippen molar-refractivity contribution in [3.63, 3.8) is 0 Å². The highest BCUT2D eigenvalue weighted by Crippen LogP contribution is 2.13. The Balaban J connectivity index is 0.00000280. The second-order valence-corrected chi connectivity index (χ2v) is 8.38. The summed E-state index contributed by atoms with van der Waals surface area (Å²) < 4.78 is 33.4. The molecule has 1 aliphatic rings. The summed E-state index contributed by atoms with van der Waals surface area (Å²) in [6, 6.07) is 5.62. The van der Waals surface area contributed by atoms with E-state index in [0.29, 0.717) is 38.4 Å². The van der Waals surface area contributed by atoms with Gasteiger partial charge in [-0.3, -0.25) is 0 Å². The maximum absolute atomic E-state index is 12.6. The average molecular weight is 522 g/mol. The molecular weight excluding hydrogens is 495 g/mol. The third-order valence-electron chi connectivity index (χ3n) is 4.53. The number of nitrogens with zero attached hydrogens (tertiary/aromatic N) is 5. The molecule has 3 rings (SSSR count). The van der Waals surface area contributed by atoms with Gasteiger partial charge in [-0.25, -0.2) is 13.4 Å². The molecule has 0 atom stereocenters. The van der Waals surface area contributed by atoms with Gasteiger partial charge in [0, 0.05) is 57.7 Å². The van der Waals surface area contributed by atoms with E-state index < -0.39 is 10.0 Å². The van der Waals surface area contributed by atoms with Gasteiger partial charge in [0.1, 0.15) is 12.0 Å². The second kappa shape index (κ2) is 10.3. The Morgan fingerprint density at radius 2 is 2.04 bits per heavy atom. The molecule has 1 N–H and O–H groups in total. The predicted octanol–water partition coefficient (Wildman–Crippen LogP) is 1.24. The largest absolute Gasteiger partial charge is 0.364 e. The lowest BCUT2D eigenvalue weighted by atomic mass is 10.4. The molecule has 0 amide bonds. The van der Waals surface area contributed by atoms with Gasteiger partial charge in [-0.15, -0.1) is 24.0 Å². The Morgan fingerprint density at radius 3 is 2.61 bits per heavy atom. The molecule has 2 aromatic heterocycles. The van der Waals surface area contributed by atoms with Crippen LogP contribution >= 0.6 is 24.0 Å². The lowest BCUT2D eigenvalue weighted by Crippen LogP contribution is -2.53. The molecule has 9 nitrogen and oxygen atoms in total. The van der Waals surface area contributed by atoms with Crippen molar-refractivity contribution in [1.29, 1.82) is 0 Å². The highest BCUT2D eigenvalue weighted by molar-refractivity contribution is 14.0. The van der Waals surface area contributed by atoms with Crippen LogP contribution in [0, 0.1) is 0 Å². The number of aliphatic imine (C=N–C) groups is 1. The van der Waals surface area contributed by atoms with Gasteiger partial charge in [-0.05, 0) is 19.1 Å². The van der Waals surface area contributed by atoms with Crippen LogP contribution in [0.1, 0.15) is 18.3 Å². The van der Waals surface area contributed by atoms with Crippen LogP contribution in [0.2, 0.25) is 0 Å². The Labute approximate surface area is 182 Å². The third-order valence-corrected chi connectivity index (χ3v) is 6.34. The van der Waals surface area contributed by atoms with Crippen molar-refractivity contribution in [3.05, 3.63) is 42.0 Å². The van der Waals surface area contributed by atoms with Crippen molar-refractivity contribution >= 4 is 40.0 Å². The van der Waals surface area contributed by atoms with Crippen molar-refractivity contribution in [1.82, 2.24) is 24.2 Å². The van der Waals surface area contributed by atoms with Gasteiger partial charge in [-0.1, -0.05) is 5.16 Å². The van der Waals surface area contributed by atoms with Crippen LogP contribution in [0.5, 0.6) is 0 Å². The number of aromatic nitrogens is 2. The highest BCUT2D eigenvalue weighted by Gasteiger charge is 2.29. The molecule has 156 valence electrons. The van der Waals surface area contributed by atoms with Gasteiger partial charge >= 0.3 is 0 Å². The Hall–Kier alpha value is -1.60. The van der Waals surface area contributed by atoms with Crippen LogP contribution in [0.15, 0.2) is 40.2 Å². The molecule has 1 aliphatic heterocycles. The second-order valence-electron chi connectivity index (χ2n) is 6.41. The van der Waals surface area contributed by atoms with E-state index in [2.05, 4.69) is 15.4 Å². The van der Waals surface area contributed by atoms with Crippen LogP contribution in [0.25, 0.3) is 0 Å². The highest BCUT2D eigenvalue weighted by atomic mass is 127. The normalized spacial score (nSPS) is 16.1. The summed E-state index contributed by atoms with van der Waals surface area (Å²) in [6.45, 7) is 5.40. The molecule has 1 fully saturated rings. The van der Waals surface area contributed by atoms with Gasteiger partial charge in [0.2, 0.25) is 10.0 Å². The van der Waals surface area contributed by atoms with Crippen molar-refractivity contribution in [2.24, 2.45) is 12.0 Å². The van der Waals surface area contributed by atoms with Crippen LogP contribution < -0.4 is 5.32 Å². The monoisotopic (exact) mass is 522 g/mol. The number of halogens is 1. The Morgan fingerprint density at radius 1 is 1.29 bits per heavy atom. The van der Waals surface area contributed by atoms with Gasteiger partial charge in [-0.2, -0.15) is 4.31 Å². The molecule has 0 aliphatic carbocycles. The number of piperazine rings is 1. The summed E-state index contributed by atoms with van der Waals surface area (Å²) in [5, 5.41) is 7.00.